The number of nitrogens with one attached hydrogen (secondary N) is 1. The normalized spacial score (nSPS) is 18.3. The summed E-state index contributed by atoms with van der Waals surface area (Å²) in [6, 6.07) is 8.60. The Bertz CT molecular complexity index is 722. The van der Waals surface area contributed by atoms with Gasteiger partial charge in [0.25, 0.3) is 0 Å². The minimum atomic E-state index is 0.677. The number of benzene rings is 1. The smallest absolute Gasteiger partial charge is 0.0727 e. The average Bonchev–Trinajstić information content (AvgIpc) is 2.78. The topological polar surface area (TPSA) is 24.9 Å². The first-order valence-corrected chi connectivity index (χ1v) is 7.95. The summed E-state index contributed by atoms with van der Waals surface area (Å²) in [4.78, 5) is 4.85. The Morgan fingerprint density at radius 2 is 1.76 bits per heavy atom. The van der Waals surface area contributed by atoms with E-state index in [9.17, 15) is 0 Å². The van der Waals surface area contributed by atoms with Crippen LogP contribution in [0.15, 0.2) is 36.7 Å². The van der Waals surface area contributed by atoms with E-state index in [0.29, 0.717) is 5.92 Å². The summed E-state index contributed by atoms with van der Waals surface area (Å²) in [5.41, 5.74) is 5.04. The summed E-state index contributed by atoms with van der Waals surface area (Å²) in [7, 11) is 0. The first-order valence-electron chi connectivity index (χ1n) is 7.95. The molecule has 1 aromatic heterocycles. The summed E-state index contributed by atoms with van der Waals surface area (Å²) in [5, 5.41) is 4.51. The van der Waals surface area contributed by atoms with E-state index in [2.05, 4.69) is 41.7 Å². The standard InChI is InChI=1S/C19H20N2/c1-2-6-14(7-3-1)19-15-8-4-5-9-17(15)21-18-11-13-20-12-10-16(18)19/h4-5,8-14,20H,1-3,6-7H2. The maximum atomic E-state index is 4.85. The zero-order valence-electron chi connectivity index (χ0n) is 12.2. The monoisotopic (exact) mass is 276 g/mol. The van der Waals surface area contributed by atoms with Crippen LogP contribution in [-0.2, 0) is 0 Å². The van der Waals surface area contributed by atoms with Gasteiger partial charge in [0.2, 0.25) is 0 Å². The molecule has 2 heteroatoms. The van der Waals surface area contributed by atoms with E-state index in [1.54, 1.807) is 0 Å². The van der Waals surface area contributed by atoms with E-state index < -0.39 is 0 Å². The second kappa shape index (κ2) is 5.36. The molecule has 2 heterocycles. The molecule has 4 rings (SSSR count). The van der Waals surface area contributed by atoms with Gasteiger partial charge in [-0.2, -0.15) is 0 Å². The molecule has 0 spiro atoms. The van der Waals surface area contributed by atoms with Gasteiger partial charge in [0.05, 0.1) is 11.2 Å². The van der Waals surface area contributed by atoms with Crippen LogP contribution in [0.4, 0.5) is 0 Å². The molecule has 0 atom stereocenters. The fraction of sp³-hybridized carbons (Fsp3) is 0.316. The van der Waals surface area contributed by atoms with Crippen molar-refractivity contribution in [1.82, 2.24) is 10.3 Å². The summed E-state index contributed by atoms with van der Waals surface area (Å²) in [5.74, 6) is 0.677. The van der Waals surface area contributed by atoms with Crippen molar-refractivity contribution in [1.29, 1.82) is 0 Å². The molecule has 1 fully saturated rings. The van der Waals surface area contributed by atoms with Crippen molar-refractivity contribution in [3.63, 3.8) is 0 Å². The number of para-hydroxylation sites is 1. The van der Waals surface area contributed by atoms with Crippen LogP contribution in [-0.4, -0.2) is 4.98 Å². The number of hydrogen-bond donors (Lipinski definition) is 1. The largest absolute Gasteiger partial charge is 0.368 e. The number of fused-ring (bicyclic) bond motifs is 2. The van der Waals surface area contributed by atoms with E-state index in [1.807, 2.05) is 12.4 Å². The fourth-order valence-corrected chi connectivity index (χ4v) is 3.72. The lowest BCUT2D eigenvalue weighted by Crippen LogP contribution is -2.09. The maximum absolute atomic E-state index is 4.85. The second-order valence-electron chi connectivity index (χ2n) is 6.01. The van der Waals surface area contributed by atoms with Gasteiger partial charge < -0.3 is 5.32 Å². The SMILES string of the molecule is C1=Cc2nc3ccccc3c(C3CCCCC3)c2C=CN1. The third-order valence-electron chi connectivity index (χ3n) is 4.70. The number of aromatic nitrogens is 1. The Kier molecular flexibility index (Phi) is 3.23. The summed E-state index contributed by atoms with van der Waals surface area (Å²) >= 11 is 0. The van der Waals surface area contributed by atoms with E-state index in [4.69, 9.17) is 4.98 Å². The molecule has 1 aromatic carbocycles. The van der Waals surface area contributed by atoms with Crippen molar-refractivity contribution in [2.24, 2.45) is 0 Å². The van der Waals surface area contributed by atoms with Gasteiger partial charge in [0.15, 0.2) is 0 Å². The van der Waals surface area contributed by atoms with Crippen LogP contribution >= 0.6 is 0 Å². The van der Waals surface area contributed by atoms with Gasteiger partial charge in [-0.05, 0) is 42.5 Å². The molecule has 21 heavy (non-hydrogen) atoms. The van der Waals surface area contributed by atoms with Crippen LogP contribution in [0.3, 0.4) is 0 Å². The van der Waals surface area contributed by atoms with Crippen LogP contribution in [0.5, 0.6) is 0 Å². The summed E-state index contributed by atoms with van der Waals surface area (Å²) in [6.07, 6.45) is 15.0. The Balaban J connectivity index is 2.00. The summed E-state index contributed by atoms with van der Waals surface area (Å²) < 4.78 is 0. The van der Waals surface area contributed by atoms with Crippen molar-refractivity contribution in [3.05, 3.63) is 53.5 Å². The van der Waals surface area contributed by atoms with Gasteiger partial charge in [-0.25, -0.2) is 4.98 Å². The maximum Gasteiger partial charge on any atom is 0.0727 e. The van der Waals surface area contributed by atoms with Gasteiger partial charge in [0, 0.05) is 23.3 Å². The van der Waals surface area contributed by atoms with Gasteiger partial charge in [0.1, 0.15) is 0 Å². The lowest BCUT2D eigenvalue weighted by atomic mass is 9.80. The molecule has 1 aliphatic heterocycles. The highest BCUT2D eigenvalue weighted by Gasteiger charge is 2.22. The van der Waals surface area contributed by atoms with E-state index in [0.717, 1.165) is 11.2 Å². The molecule has 1 N–H and O–H groups in total. The molecule has 1 aliphatic carbocycles. The average molecular weight is 276 g/mol. The number of nitrogens with zero attached hydrogens (tertiary/aromatic N) is 1. The van der Waals surface area contributed by atoms with Crippen LogP contribution < -0.4 is 5.32 Å². The van der Waals surface area contributed by atoms with Gasteiger partial charge in [-0.15, -0.1) is 0 Å². The van der Waals surface area contributed by atoms with Crippen molar-refractivity contribution >= 4 is 23.1 Å². The third kappa shape index (κ3) is 2.25. The third-order valence-corrected chi connectivity index (χ3v) is 4.70. The molecule has 1 saturated carbocycles. The quantitative estimate of drug-likeness (QED) is 0.807. The van der Waals surface area contributed by atoms with Crippen molar-refractivity contribution < 1.29 is 0 Å². The molecule has 106 valence electrons. The van der Waals surface area contributed by atoms with Crippen LogP contribution in [0.2, 0.25) is 0 Å². The van der Waals surface area contributed by atoms with Gasteiger partial charge >= 0.3 is 0 Å². The van der Waals surface area contributed by atoms with E-state index in [-0.39, 0.29) is 0 Å². The Morgan fingerprint density at radius 1 is 0.952 bits per heavy atom. The lowest BCUT2D eigenvalue weighted by molar-refractivity contribution is 0.445. The first kappa shape index (κ1) is 12.6. The van der Waals surface area contributed by atoms with E-state index in [1.165, 1.54) is 48.6 Å². The van der Waals surface area contributed by atoms with Crippen molar-refractivity contribution in [2.75, 3.05) is 0 Å². The van der Waals surface area contributed by atoms with Crippen molar-refractivity contribution in [3.8, 4) is 0 Å². The minimum Gasteiger partial charge on any atom is -0.368 e. The molecule has 0 bridgehead atoms. The predicted octanol–water partition coefficient (Wildman–Crippen LogP) is 4.83. The van der Waals surface area contributed by atoms with Gasteiger partial charge in [-0.3, -0.25) is 0 Å². The molecule has 0 radical (unpaired) electrons. The Morgan fingerprint density at radius 3 is 2.67 bits per heavy atom. The highest BCUT2D eigenvalue weighted by Crippen LogP contribution is 2.39. The van der Waals surface area contributed by atoms with E-state index >= 15 is 0 Å². The molecule has 2 aliphatic rings. The Labute approximate surface area is 125 Å². The first-order chi connectivity index (χ1) is 10.4. The molecule has 0 unspecified atom stereocenters. The van der Waals surface area contributed by atoms with Crippen LogP contribution in [0, 0.1) is 0 Å². The molecule has 0 saturated heterocycles. The van der Waals surface area contributed by atoms with Gasteiger partial charge in [-0.1, -0.05) is 37.5 Å². The fourth-order valence-electron chi connectivity index (χ4n) is 3.72. The molecule has 2 nitrogen and oxygen atoms in total. The molecule has 0 amide bonds. The second-order valence-corrected chi connectivity index (χ2v) is 6.01. The Hall–Kier alpha value is -2.09. The number of pyridine rings is 1. The molecular weight excluding hydrogens is 256 g/mol. The molecule has 2 aromatic rings. The zero-order valence-corrected chi connectivity index (χ0v) is 12.2. The van der Waals surface area contributed by atoms with Crippen LogP contribution in [0.25, 0.3) is 23.1 Å². The number of hydrogen-bond acceptors (Lipinski definition) is 2. The zero-order chi connectivity index (χ0) is 14.1. The lowest BCUT2D eigenvalue weighted by Gasteiger charge is -2.25. The summed E-state index contributed by atoms with van der Waals surface area (Å²) in [6.45, 7) is 0. The van der Waals surface area contributed by atoms with Crippen molar-refractivity contribution in [2.45, 2.75) is 38.0 Å². The van der Waals surface area contributed by atoms with Crippen LogP contribution in [0.1, 0.15) is 54.8 Å². The minimum absolute atomic E-state index is 0.677. The highest BCUT2D eigenvalue weighted by molar-refractivity contribution is 5.89. The molecular formula is C19H20N2. The highest BCUT2D eigenvalue weighted by atomic mass is 14.8. The predicted molar refractivity (Wildman–Crippen MR) is 88.8 cm³/mol. The number of rotatable bonds is 1.